The molecule has 1 aromatic heterocycles. The second-order valence-corrected chi connectivity index (χ2v) is 5.50. The molecule has 0 aliphatic heterocycles. The van der Waals surface area contributed by atoms with Crippen LogP contribution in [-0.4, -0.2) is 11.1 Å². The number of anilines is 1. The van der Waals surface area contributed by atoms with Crippen molar-refractivity contribution in [2.75, 3.05) is 11.4 Å². The number of hydrogen-bond donors (Lipinski definition) is 0. The second-order valence-electron chi connectivity index (χ2n) is 5.50. The van der Waals surface area contributed by atoms with Gasteiger partial charge in [0, 0.05) is 23.4 Å². The molecule has 5 nitrogen and oxygen atoms in total. The lowest BCUT2D eigenvalue weighted by Crippen LogP contribution is -2.26. The van der Waals surface area contributed by atoms with Gasteiger partial charge in [-0.05, 0) is 43.3 Å². The summed E-state index contributed by atoms with van der Waals surface area (Å²) >= 11 is 0. The Morgan fingerprint density at radius 3 is 2.46 bits per heavy atom. The third-order valence-electron chi connectivity index (χ3n) is 4.09. The molecule has 24 heavy (non-hydrogen) atoms. The zero-order valence-corrected chi connectivity index (χ0v) is 14.1. The minimum Gasteiger partial charge on any atom is -0.302 e. The number of rotatable bonds is 4. The molecule has 2 aromatic carbocycles. The molecule has 1 heterocycles. The van der Waals surface area contributed by atoms with Crippen molar-refractivity contribution in [3.8, 4) is 12.5 Å². The average molecular weight is 318 g/mol. The van der Waals surface area contributed by atoms with Crippen LogP contribution in [0.4, 0.5) is 17.3 Å². The monoisotopic (exact) mass is 318 g/mol. The number of terminal acetylenes is 1. The van der Waals surface area contributed by atoms with Crippen molar-refractivity contribution < 1.29 is 4.57 Å². The Balaban J connectivity index is 1.90. The van der Waals surface area contributed by atoms with Crippen LogP contribution in [0.15, 0.2) is 58.8 Å². The van der Waals surface area contributed by atoms with Crippen LogP contribution in [0.5, 0.6) is 0 Å². The Bertz CT molecular complexity index is 890. The summed E-state index contributed by atoms with van der Waals surface area (Å²) in [7, 11) is 3.98. The van der Waals surface area contributed by atoms with Gasteiger partial charge in [0.1, 0.15) is 16.7 Å². The first-order chi connectivity index (χ1) is 11.7. The van der Waals surface area contributed by atoms with E-state index in [9.17, 15) is 0 Å². The van der Waals surface area contributed by atoms with E-state index in [0.29, 0.717) is 0 Å². The molecule has 0 bridgehead atoms. The van der Waals surface area contributed by atoms with Crippen molar-refractivity contribution in [3.05, 3.63) is 48.5 Å². The first-order valence-corrected chi connectivity index (χ1v) is 7.84. The summed E-state index contributed by atoms with van der Waals surface area (Å²) in [5.41, 5.74) is 4.01. The van der Waals surface area contributed by atoms with Crippen LogP contribution in [0.2, 0.25) is 0 Å². The Morgan fingerprint density at radius 1 is 1.12 bits per heavy atom. The summed E-state index contributed by atoms with van der Waals surface area (Å²) in [6.07, 6.45) is 5.49. The highest BCUT2D eigenvalue weighted by Crippen LogP contribution is 2.22. The number of nitrogens with zero attached hydrogens (tertiary/aromatic N) is 5. The third kappa shape index (κ3) is 2.74. The third-order valence-corrected chi connectivity index (χ3v) is 4.09. The molecule has 5 heteroatoms. The topological polar surface area (TPSA) is 36.8 Å². The maximum atomic E-state index is 5.49. The number of para-hydroxylation sites is 2. The predicted octanol–water partition coefficient (Wildman–Crippen LogP) is 3.84. The molecule has 0 aliphatic carbocycles. The molecule has 0 unspecified atom stereocenters. The number of aromatic nitrogens is 2. The van der Waals surface area contributed by atoms with E-state index in [1.54, 1.807) is 0 Å². The van der Waals surface area contributed by atoms with Crippen LogP contribution >= 0.6 is 0 Å². The van der Waals surface area contributed by atoms with Gasteiger partial charge < -0.3 is 4.90 Å². The van der Waals surface area contributed by atoms with E-state index in [2.05, 4.69) is 28.4 Å². The standard InChI is InChI=1S/C19H20N5/c1-5-24(6-2)16-13-11-15(12-14-16)20-21-19-22(3)17-9-7-8-10-18(17)23(19)4/h1,7-14H,6H2,2-4H3/q+1. The van der Waals surface area contributed by atoms with Crippen LogP contribution < -0.4 is 9.47 Å². The smallest absolute Gasteiger partial charge is 0.302 e. The molecule has 0 atom stereocenters. The fraction of sp³-hybridized carbons (Fsp3) is 0.211. The van der Waals surface area contributed by atoms with E-state index in [0.717, 1.165) is 34.9 Å². The summed E-state index contributed by atoms with van der Waals surface area (Å²) < 4.78 is 4.06. The van der Waals surface area contributed by atoms with E-state index in [-0.39, 0.29) is 0 Å². The van der Waals surface area contributed by atoms with Crippen molar-refractivity contribution in [2.45, 2.75) is 6.92 Å². The maximum absolute atomic E-state index is 5.49. The number of benzene rings is 2. The Kier molecular flexibility index (Phi) is 4.30. The van der Waals surface area contributed by atoms with E-state index in [1.807, 2.05) is 71.5 Å². The van der Waals surface area contributed by atoms with E-state index in [4.69, 9.17) is 6.42 Å². The highest BCUT2D eigenvalue weighted by molar-refractivity contribution is 5.73. The Morgan fingerprint density at radius 2 is 1.83 bits per heavy atom. The van der Waals surface area contributed by atoms with Crippen molar-refractivity contribution in [1.29, 1.82) is 0 Å². The normalized spacial score (nSPS) is 11.1. The SMILES string of the molecule is C#CN(CC)c1ccc(N=Nc2n(C)c3ccccc3[n+]2C)cc1. The van der Waals surface area contributed by atoms with Gasteiger partial charge in [-0.3, -0.25) is 0 Å². The molecule has 0 amide bonds. The van der Waals surface area contributed by atoms with Crippen LogP contribution in [0.1, 0.15) is 6.92 Å². The summed E-state index contributed by atoms with van der Waals surface area (Å²) in [4.78, 5) is 1.84. The summed E-state index contributed by atoms with van der Waals surface area (Å²) in [6.45, 7) is 2.79. The molecule has 0 fully saturated rings. The van der Waals surface area contributed by atoms with Crippen LogP contribution in [0, 0.1) is 12.5 Å². The predicted molar refractivity (Wildman–Crippen MR) is 96.6 cm³/mol. The molecule has 3 rings (SSSR count). The van der Waals surface area contributed by atoms with Crippen LogP contribution in [-0.2, 0) is 14.1 Å². The molecule has 0 radical (unpaired) electrons. The van der Waals surface area contributed by atoms with Gasteiger partial charge in [-0.2, -0.15) is 0 Å². The van der Waals surface area contributed by atoms with Crippen molar-refractivity contribution in [3.63, 3.8) is 0 Å². The minimum atomic E-state index is 0.767. The maximum Gasteiger partial charge on any atom is 0.422 e. The summed E-state index contributed by atoms with van der Waals surface area (Å²) in [5, 5.41) is 8.78. The molecule has 0 aliphatic rings. The molecule has 0 spiro atoms. The molecule has 0 saturated carbocycles. The number of imidazole rings is 1. The zero-order chi connectivity index (χ0) is 17.1. The molecular weight excluding hydrogens is 298 g/mol. The molecule has 3 aromatic rings. The average Bonchev–Trinajstić information content (AvgIpc) is 2.87. The van der Waals surface area contributed by atoms with Gasteiger partial charge in [0.2, 0.25) is 0 Å². The second kappa shape index (κ2) is 6.55. The van der Waals surface area contributed by atoms with E-state index in [1.165, 1.54) is 0 Å². The number of azo groups is 1. The van der Waals surface area contributed by atoms with Gasteiger partial charge in [0.15, 0.2) is 0 Å². The quantitative estimate of drug-likeness (QED) is 0.312. The fourth-order valence-electron chi connectivity index (χ4n) is 2.76. The van der Waals surface area contributed by atoms with Gasteiger partial charge in [-0.1, -0.05) is 23.7 Å². The fourth-order valence-corrected chi connectivity index (χ4v) is 2.76. The number of fused-ring (bicyclic) bond motifs is 1. The molecule has 120 valence electrons. The summed E-state index contributed by atoms with van der Waals surface area (Å²) in [6, 6.07) is 18.6. The van der Waals surface area contributed by atoms with Gasteiger partial charge in [-0.15, -0.1) is 0 Å². The van der Waals surface area contributed by atoms with Gasteiger partial charge >= 0.3 is 5.95 Å². The van der Waals surface area contributed by atoms with Crippen molar-refractivity contribution in [2.24, 2.45) is 24.3 Å². The highest BCUT2D eigenvalue weighted by atomic mass is 15.3. The zero-order valence-electron chi connectivity index (χ0n) is 14.1. The first kappa shape index (κ1) is 15.8. The summed E-state index contributed by atoms with van der Waals surface area (Å²) in [5.74, 6) is 0.791. The van der Waals surface area contributed by atoms with Gasteiger partial charge in [0.25, 0.3) is 0 Å². The highest BCUT2D eigenvalue weighted by Gasteiger charge is 2.18. The lowest BCUT2D eigenvalue weighted by Gasteiger charge is -2.14. The lowest BCUT2D eigenvalue weighted by atomic mass is 10.2. The van der Waals surface area contributed by atoms with Gasteiger partial charge in [-0.25, -0.2) is 9.13 Å². The van der Waals surface area contributed by atoms with Crippen molar-refractivity contribution in [1.82, 2.24) is 4.57 Å². The molecule has 0 saturated heterocycles. The number of aryl methyl sites for hydroxylation is 2. The first-order valence-electron chi connectivity index (χ1n) is 7.84. The lowest BCUT2D eigenvalue weighted by molar-refractivity contribution is -0.632. The molecule has 0 N–H and O–H groups in total. The van der Waals surface area contributed by atoms with E-state index >= 15 is 0 Å². The minimum absolute atomic E-state index is 0.767. The van der Waals surface area contributed by atoms with Crippen molar-refractivity contribution >= 4 is 28.4 Å². The Labute approximate surface area is 141 Å². The van der Waals surface area contributed by atoms with Gasteiger partial charge in [0.05, 0.1) is 14.1 Å². The molecular formula is C19H20N5+. The number of hydrogen-bond acceptors (Lipinski definition) is 3. The Hall–Kier alpha value is -3.13. The van der Waals surface area contributed by atoms with Crippen LogP contribution in [0.3, 0.4) is 0 Å². The van der Waals surface area contributed by atoms with E-state index < -0.39 is 0 Å². The largest absolute Gasteiger partial charge is 0.422 e. The van der Waals surface area contributed by atoms with Crippen LogP contribution in [0.25, 0.3) is 11.0 Å².